The van der Waals surface area contributed by atoms with Crippen molar-refractivity contribution >= 4 is 5.78 Å². The third kappa shape index (κ3) is 3.95. The van der Waals surface area contributed by atoms with Crippen LogP contribution in [-0.4, -0.2) is 41.5 Å². The van der Waals surface area contributed by atoms with Crippen molar-refractivity contribution in [1.82, 2.24) is 4.90 Å². The summed E-state index contributed by atoms with van der Waals surface area (Å²) in [5.41, 5.74) is 0.601. The number of phenols is 1. The molecule has 1 aliphatic heterocycles. The van der Waals surface area contributed by atoms with E-state index >= 15 is 0 Å². The maximum absolute atomic E-state index is 13.3. The first-order chi connectivity index (χ1) is 13.0. The lowest BCUT2D eigenvalue weighted by atomic mass is 10.0. The van der Waals surface area contributed by atoms with Crippen molar-refractivity contribution in [3.05, 3.63) is 59.7 Å². The highest BCUT2D eigenvalue weighted by Gasteiger charge is 2.42. The molecule has 1 saturated carbocycles. The second kappa shape index (κ2) is 7.27. The number of benzene rings is 2. The molecule has 4 nitrogen and oxygen atoms in total. The molecule has 0 bridgehead atoms. The highest BCUT2D eigenvalue weighted by Crippen LogP contribution is 2.39. The van der Waals surface area contributed by atoms with Crippen molar-refractivity contribution < 1.29 is 23.4 Å². The van der Waals surface area contributed by atoms with Crippen LogP contribution >= 0.6 is 0 Å². The van der Waals surface area contributed by atoms with Gasteiger partial charge in [-0.05, 0) is 61.1 Å². The lowest BCUT2D eigenvalue weighted by Crippen LogP contribution is -2.30. The van der Waals surface area contributed by atoms with Crippen LogP contribution < -0.4 is 4.74 Å². The monoisotopic (exact) mass is 373 g/mol. The summed E-state index contributed by atoms with van der Waals surface area (Å²) in [4.78, 5) is 14.5. The highest BCUT2D eigenvalue weighted by molar-refractivity contribution is 5.97. The number of phenolic OH excluding ortho intramolecular Hbond substituents is 1. The number of halogens is 2. The predicted molar refractivity (Wildman–Crippen MR) is 95.9 cm³/mol. The van der Waals surface area contributed by atoms with E-state index in [1.165, 1.54) is 18.2 Å². The maximum Gasteiger partial charge on any atom is 0.176 e. The molecule has 3 atom stereocenters. The number of rotatable bonds is 5. The van der Waals surface area contributed by atoms with Gasteiger partial charge in [0, 0.05) is 24.7 Å². The van der Waals surface area contributed by atoms with Gasteiger partial charge >= 0.3 is 0 Å². The minimum absolute atomic E-state index is 0.000175. The lowest BCUT2D eigenvalue weighted by Gasteiger charge is -2.19. The Balaban J connectivity index is 1.29. The zero-order valence-corrected chi connectivity index (χ0v) is 14.8. The number of Topliss-reactive ketones (excluding diaryl/α,β-unsaturated/α-hetero) is 1. The first-order valence-corrected chi connectivity index (χ1v) is 9.14. The smallest absolute Gasteiger partial charge is 0.176 e. The van der Waals surface area contributed by atoms with E-state index in [1.54, 1.807) is 12.1 Å². The molecule has 27 heavy (non-hydrogen) atoms. The summed E-state index contributed by atoms with van der Waals surface area (Å²) in [5.74, 6) is -0.317. The van der Waals surface area contributed by atoms with Crippen molar-refractivity contribution in [2.75, 3.05) is 19.6 Å². The fraction of sp³-hybridized carbons (Fsp3) is 0.381. The van der Waals surface area contributed by atoms with Gasteiger partial charge in [0.2, 0.25) is 0 Å². The van der Waals surface area contributed by atoms with Crippen LogP contribution in [0, 0.1) is 23.5 Å². The molecule has 1 N–H and O–H groups in total. The van der Waals surface area contributed by atoms with Crippen LogP contribution in [0.2, 0.25) is 0 Å². The second-order valence-electron chi connectivity index (χ2n) is 7.47. The first-order valence-electron chi connectivity index (χ1n) is 9.14. The van der Waals surface area contributed by atoms with E-state index in [-0.39, 0.29) is 17.6 Å². The number of hydrogen-bond acceptors (Lipinski definition) is 4. The molecule has 0 radical (unpaired) electrons. The molecular weight excluding hydrogens is 352 g/mol. The highest BCUT2D eigenvalue weighted by atomic mass is 19.2. The van der Waals surface area contributed by atoms with Gasteiger partial charge in [-0.1, -0.05) is 0 Å². The third-order valence-electron chi connectivity index (χ3n) is 5.53. The van der Waals surface area contributed by atoms with Crippen molar-refractivity contribution in [2.24, 2.45) is 11.8 Å². The number of hydrogen-bond donors (Lipinski definition) is 1. The molecule has 0 unspecified atom stereocenters. The largest absolute Gasteiger partial charge is 0.508 e. The minimum Gasteiger partial charge on any atom is -0.508 e. The molecule has 1 saturated heterocycles. The zero-order valence-electron chi connectivity index (χ0n) is 14.8. The molecule has 2 aromatic rings. The average Bonchev–Trinajstić information content (AvgIpc) is 3.16. The Labute approximate surface area is 156 Å². The van der Waals surface area contributed by atoms with Crippen LogP contribution in [-0.2, 0) is 0 Å². The zero-order chi connectivity index (χ0) is 19.0. The van der Waals surface area contributed by atoms with E-state index in [2.05, 4.69) is 4.90 Å². The quantitative estimate of drug-likeness (QED) is 0.813. The summed E-state index contributed by atoms with van der Waals surface area (Å²) in [6, 6.07) is 9.94. The van der Waals surface area contributed by atoms with Crippen LogP contribution in [0.5, 0.6) is 11.5 Å². The molecule has 142 valence electrons. The van der Waals surface area contributed by atoms with Gasteiger partial charge in [0.05, 0.1) is 12.6 Å². The van der Waals surface area contributed by atoms with E-state index in [0.717, 1.165) is 38.1 Å². The van der Waals surface area contributed by atoms with Gasteiger partial charge in [-0.25, -0.2) is 8.78 Å². The van der Waals surface area contributed by atoms with Crippen LogP contribution in [0.1, 0.15) is 23.2 Å². The van der Waals surface area contributed by atoms with Gasteiger partial charge < -0.3 is 9.84 Å². The van der Waals surface area contributed by atoms with E-state index in [4.69, 9.17) is 4.74 Å². The maximum atomic E-state index is 13.3. The molecule has 0 spiro atoms. The van der Waals surface area contributed by atoms with Crippen LogP contribution in [0.25, 0.3) is 0 Å². The summed E-state index contributed by atoms with van der Waals surface area (Å²) in [7, 11) is 0. The predicted octanol–water partition coefficient (Wildman–Crippen LogP) is 3.64. The number of ether oxygens (including phenoxy) is 1. The molecule has 2 fully saturated rings. The van der Waals surface area contributed by atoms with Gasteiger partial charge in [-0.2, -0.15) is 0 Å². The summed E-state index contributed by atoms with van der Waals surface area (Å²) >= 11 is 0. The summed E-state index contributed by atoms with van der Waals surface area (Å²) < 4.78 is 32.2. The number of aromatic hydroxyl groups is 1. The number of likely N-dealkylation sites (tertiary alicyclic amines) is 1. The minimum atomic E-state index is -0.899. The Morgan fingerprint density at radius 2 is 1.70 bits per heavy atom. The lowest BCUT2D eigenvalue weighted by molar-refractivity contribution is 0.0936. The van der Waals surface area contributed by atoms with E-state index in [0.29, 0.717) is 29.7 Å². The average molecular weight is 373 g/mol. The Morgan fingerprint density at radius 3 is 2.33 bits per heavy atom. The molecular formula is C21H21F2NO3. The Hall–Kier alpha value is -2.47. The molecule has 1 heterocycles. The molecule has 2 aliphatic rings. The standard InChI is InChI=1S/C21H21F2NO3/c22-19-6-5-17(9-20(19)23)27-18-7-14-10-24(11-15(14)8-18)12-21(26)13-1-3-16(25)4-2-13/h1-6,9,14-15,18,25H,7-8,10-12H2/t14-,15+,18+. The SMILES string of the molecule is O=C(CN1C[C@H]2C[C@H](Oc3ccc(F)c(F)c3)C[C@H]2C1)c1ccc(O)cc1. The van der Waals surface area contributed by atoms with Crippen molar-refractivity contribution in [1.29, 1.82) is 0 Å². The van der Waals surface area contributed by atoms with Crippen molar-refractivity contribution in [2.45, 2.75) is 18.9 Å². The fourth-order valence-electron chi connectivity index (χ4n) is 4.25. The Morgan fingerprint density at radius 1 is 1.04 bits per heavy atom. The number of carbonyl (C=O) groups is 1. The molecule has 4 rings (SSSR count). The first kappa shape index (κ1) is 17.9. The van der Waals surface area contributed by atoms with Crippen LogP contribution in [0.4, 0.5) is 8.78 Å². The topological polar surface area (TPSA) is 49.8 Å². The van der Waals surface area contributed by atoms with Crippen molar-refractivity contribution in [3.8, 4) is 11.5 Å². The van der Waals surface area contributed by atoms with Gasteiger partial charge in [0.25, 0.3) is 0 Å². The Kier molecular flexibility index (Phi) is 4.83. The fourth-order valence-corrected chi connectivity index (χ4v) is 4.25. The molecule has 2 aromatic carbocycles. The van der Waals surface area contributed by atoms with Crippen molar-refractivity contribution in [3.63, 3.8) is 0 Å². The molecule has 0 aromatic heterocycles. The second-order valence-corrected chi connectivity index (χ2v) is 7.47. The van der Waals surface area contributed by atoms with Crippen LogP contribution in [0.15, 0.2) is 42.5 Å². The number of ketones is 1. The van der Waals surface area contributed by atoms with Crippen LogP contribution in [0.3, 0.4) is 0 Å². The normalized spacial score (nSPS) is 24.7. The van der Waals surface area contributed by atoms with Gasteiger partial charge in [0.1, 0.15) is 11.5 Å². The van der Waals surface area contributed by atoms with Gasteiger partial charge in [-0.3, -0.25) is 9.69 Å². The number of fused-ring (bicyclic) bond motifs is 1. The molecule has 1 aliphatic carbocycles. The van der Waals surface area contributed by atoms with E-state index in [1.807, 2.05) is 0 Å². The van der Waals surface area contributed by atoms with E-state index < -0.39 is 11.6 Å². The van der Waals surface area contributed by atoms with Gasteiger partial charge in [0.15, 0.2) is 17.4 Å². The Bertz CT molecular complexity index is 826. The number of nitrogens with zero attached hydrogens (tertiary/aromatic N) is 1. The third-order valence-corrected chi connectivity index (χ3v) is 5.53. The van der Waals surface area contributed by atoms with Gasteiger partial charge in [-0.15, -0.1) is 0 Å². The summed E-state index contributed by atoms with van der Waals surface area (Å²) in [6.07, 6.45) is 1.71. The summed E-state index contributed by atoms with van der Waals surface area (Å²) in [6.45, 7) is 2.05. The molecule has 6 heteroatoms. The van der Waals surface area contributed by atoms with E-state index in [9.17, 15) is 18.7 Å². The summed E-state index contributed by atoms with van der Waals surface area (Å²) in [5, 5.41) is 9.32. The molecule has 0 amide bonds. The number of carbonyl (C=O) groups excluding carboxylic acids is 1.